The molecule has 0 spiro atoms. The van der Waals surface area contributed by atoms with Gasteiger partial charge >= 0.3 is 0 Å². The third kappa shape index (κ3) is 31.9. The van der Waals surface area contributed by atoms with Crippen LogP contribution in [0.4, 0.5) is 0 Å². The van der Waals surface area contributed by atoms with Crippen LogP contribution in [0.25, 0.3) is 10.8 Å². The van der Waals surface area contributed by atoms with Crippen LogP contribution in [-0.2, 0) is 62.8 Å². The highest BCUT2D eigenvalue weighted by Gasteiger charge is 2.31. The molecule has 0 aliphatic rings. The first-order valence-electron chi connectivity index (χ1n) is 39.4. The van der Waals surface area contributed by atoms with Gasteiger partial charge in [0.1, 0.15) is 48.8 Å². The number of fused-ring (bicyclic) bond motifs is 1. The Morgan fingerprint density at radius 3 is 0.616 bits per heavy atom. The fourth-order valence-electron chi connectivity index (χ4n) is 11.8. The molecule has 17 heteroatoms. The third-order valence-electron chi connectivity index (χ3n) is 17.3. The van der Waals surface area contributed by atoms with E-state index in [0.29, 0.717) is 17.2 Å². The minimum Gasteiger partial charge on any atom is -0.546 e. The molecule has 0 bridgehead atoms. The first-order valence-corrected chi connectivity index (χ1v) is 44.3. The van der Waals surface area contributed by atoms with E-state index in [0.717, 1.165) is 10.8 Å². The highest BCUT2D eigenvalue weighted by Crippen LogP contribution is 2.35. The molecule has 0 unspecified atom stereocenters. The van der Waals surface area contributed by atoms with E-state index in [9.17, 15) is 44.4 Å². The second-order valence-electron chi connectivity index (χ2n) is 26.3. The van der Waals surface area contributed by atoms with Crippen molar-refractivity contribution in [2.75, 3.05) is 19.8 Å². The van der Waals surface area contributed by atoms with Gasteiger partial charge in [0.2, 0.25) is 5.78 Å². The molecule has 0 heterocycles. The van der Waals surface area contributed by atoms with Gasteiger partial charge in [-0.25, -0.2) is 0 Å². The van der Waals surface area contributed by atoms with Crippen LogP contribution < -0.4 is 34.6 Å². The van der Waals surface area contributed by atoms with Gasteiger partial charge in [0.05, 0.1) is 61.5 Å². The standard InChI is InChI=1S/4C18H15S.C12H10O3.C8H8O4.C8H8O3.C8H6O3/c4*1-4-10-16(11-5-1)19(17-12-6-2-7-13-17)18-14-8-3-9-15-18;13-12(14)8-15-11-6-5-9-3-1-2-4-10(9)7-11;9-6-1-3-7(4-2-6)12-5-8(10)11;9-8(10)6-11-7-4-2-1-3-5-7;9-7(8(10)11)6-4-2-1-3-5-6/h4*1-15H;1-7H,8H2,(H,13,14);1-4,9H,5H2,(H,10,11);1-5H,6H2,(H,9,10);1-5H,(H,10,11)/q4*+1;;;;/p-4. The summed E-state index contributed by atoms with van der Waals surface area (Å²) in [5, 5.41) is 51.1. The second-order valence-corrected chi connectivity index (χ2v) is 34.4. The van der Waals surface area contributed by atoms with E-state index in [1.807, 2.05) is 36.4 Å². The molecule has 13 nitrogen and oxygen atoms in total. The van der Waals surface area contributed by atoms with Crippen molar-refractivity contribution in [2.45, 2.75) is 58.7 Å². The number of phenols is 1. The average molecular weight is 1720 g/mol. The van der Waals surface area contributed by atoms with Crippen LogP contribution in [0, 0.1) is 0 Å². The summed E-state index contributed by atoms with van der Waals surface area (Å²) in [5.74, 6) is -4.79. The summed E-state index contributed by atoms with van der Waals surface area (Å²) in [6.07, 6.45) is 0. The molecule has 17 rings (SSSR count). The highest BCUT2D eigenvalue weighted by atomic mass is 32.2. The Kier molecular flexibility index (Phi) is 38.7. The Morgan fingerprint density at radius 1 is 0.208 bits per heavy atom. The fraction of sp³-hybridized carbons (Fsp3) is 0.0278. The lowest BCUT2D eigenvalue weighted by Gasteiger charge is -2.07. The lowest BCUT2D eigenvalue weighted by Crippen LogP contribution is -2.31. The zero-order valence-electron chi connectivity index (χ0n) is 67.9. The smallest absolute Gasteiger partial charge is 0.208 e. The largest absolute Gasteiger partial charge is 0.546 e. The van der Waals surface area contributed by atoms with Crippen molar-refractivity contribution in [1.82, 2.24) is 0 Å². The Bertz CT molecular complexity index is 5080. The van der Waals surface area contributed by atoms with Gasteiger partial charge in [0, 0.05) is 5.56 Å². The van der Waals surface area contributed by atoms with Crippen molar-refractivity contribution in [3.63, 3.8) is 0 Å². The summed E-state index contributed by atoms with van der Waals surface area (Å²) in [6.45, 7) is -1.30. The molecule has 0 fully saturated rings. The maximum Gasteiger partial charge on any atom is 0.208 e. The number of hydrogen-bond donors (Lipinski definition) is 1. The number of rotatable bonds is 23. The second kappa shape index (κ2) is 52.4. The molecule has 17 aromatic carbocycles. The molecule has 1 N–H and O–H groups in total. The number of Topliss-reactive ketones (excluding diaryl/α,β-unsaturated/α-hetero) is 1. The molecular weight excluding hydrogens is 1630 g/mol. The Labute approximate surface area is 740 Å². The Balaban J connectivity index is 0.000000151. The molecule has 0 amide bonds. The molecule has 125 heavy (non-hydrogen) atoms. The van der Waals surface area contributed by atoms with E-state index in [1.165, 1.54) is 95.1 Å². The Morgan fingerprint density at radius 2 is 0.392 bits per heavy atom. The van der Waals surface area contributed by atoms with Gasteiger partial charge in [-0.05, 0) is 205 Å². The normalized spacial score (nSPS) is 10.1. The van der Waals surface area contributed by atoms with Crippen molar-refractivity contribution in [3.05, 3.63) is 497 Å². The van der Waals surface area contributed by atoms with Gasteiger partial charge in [-0.3, -0.25) is 4.79 Å². The predicted octanol–water partition coefficient (Wildman–Crippen LogP) is 19.1. The number of carboxylic acid groups (broad SMARTS) is 4. The number of benzene rings is 17. The van der Waals surface area contributed by atoms with Crippen LogP contribution in [0.1, 0.15) is 10.4 Å². The number of hydrogen-bond acceptors (Lipinski definition) is 13. The SMILES string of the molecule is O=C([O-])C(=O)c1ccccc1.O=C([O-])COc1ccc(O)cc1.O=C([O-])COc1ccc2ccccc2c1.O=C([O-])COc1ccccc1.c1ccc([S+](c2ccccc2)c2ccccc2)cc1.c1ccc([S+](c2ccccc2)c2ccccc2)cc1.c1ccc([S+](c2ccccc2)c2ccccc2)cc1.c1ccc([S+](c2ccccc2)c2ccccc2)cc1. The summed E-state index contributed by atoms with van der Waals surface area (Å²) < 4.78 is 14.6. The summed E-state index contributed by atoms with van der Waals surface area (Å²) in [7, 11) is -0.0585. The molecule has 0 aliphatic carbocycles. The highest BCUT2D eigenvalue weighted by molar-refractivity contribution is 7.98. The molecule has 17 aromatic rings. The number of ketones is 1. The summed E-state index contributed by atoms with van der Waals surface area (Å²) >= 11 is 0. The van der Waals surface area contributed by atoms with Crippen molar-refractivity contribution in [2.24, 2.45) is 0 Å². The molecule has 0 radical (unpaired) electrons. The lowest BCUT2D eigenvalue weighted by molar-refractivity contribution is -0.308. The number of para-hydroxylation sites is 1. The van der Waals surface area contributed by atoms with Crippen LogP contribution in [0.5, 0.6) is 23.0 Å². The van der Waals surface area contributed by atoms with Crippen molar-refractivity contribution < 1.29 is 63.7 Å². The van der Waals surface area contributed by atoms with Crippen LogP contribution in [0.3, 0.4) is 0 Å². The number of carbonyl (C=O) groups is 5. The minimum atomic E-state index is -1.67. The molecule has 0 atom stereocenters. The van der Waals surface area contributed by atoms with E-state index in [4.69, 9.17) is 19.3 Å². The van der Waals surface area contributed by atoms with Gasteiger partial charge in [0.15, 0.2) is 58.7 Å². The van der Waals surface area contributed by atoms with E-state index < -0.39 is 49.5 Å². The topological polar surface area (TPSA) is 226 Å². The van der Waals surface area contributed by atoms with Gasteiger partial charge in [-0.2, -0.15) is 0 Å². The van der Waals surface area contributed by atoms with Crippen molar-refractivity contribution >= 4 is 84.0 Å². The number of carboxylic acids is 4. The number of carbonyl (C=O) groups excluding carboxylic acids is 5. The number of phenolic OH excluding ortho intramolecular Hbond substituents is 1. The van der Waals surface area contributed by atoms with Crippen LogP contribution in [0.15, 0.2) is 550 Å². The zero-order valence-corrected chi connectivity index (χ0v) is 71.1. The zero-order chi connectivity index (χ0) is 87.7. The van der Waals surface area contributed by atoms with Crippen LogP contribution >= 0.6 is 0 Å². The minimum absolute atomic E-state index is 0.0146. The van der Waals surface area contributed by atoms with Crippen molar-refractivity contribution in [3.8, 4) is 23.0 Å². The maximum atomic E-state index is 10.7. The average Bonchev–Trinajstić information content (AvgIpc) is 0.995. The summed E-state index contributed by atoms with van der Waals surface area (Å²) in [6, 6.07) is 164. The van der Waals surface area contributed by atoms with E-state index in [1.54, 1.807) is 54.6 Å². The summed E-state index contributed by atoms with van der Waals surface area (Å²) in [5.41, 5.74) is 0.146. The number of aromatic hydroxyl groups is 1. The third-order valence-corrected chi connectivity index (χ3v) is 26.3. The monoisotopic (exact) mass is 1720 g/mol. The van der Waals surface area contributed by atoms with Gasteiger partial charge in [0.25, 0.3) is 0 Å². The van der Waals surface area contributed by atoms with E-state index in [2.05, 4.69) is 364 Å². The van der Waals surface area contributed by atoms with Gasteiger partial charge < -0.3 is 58.9 Å². The number of ether oxygens (including phenoxy) is 3. The Hall–Kier alpha value is -14.9. The van der Waals surface area contributed by atoms with E-state index >= 15 is 0 Å². The molecule has 0 aliphatic heterocycles. The molecule has 0 aromatic heterocycles. The molecular formula is C108H88O13S4. The molecule has 0 saturated carbocycles. The lowest BCUT2D eigenvalue weighted by atomic mass is 10.1. The van der Waals surface area contributed by atoms with Crippen LogP contribution in [-0.4, -0.2) is 54.6 Å². The molecule has 0 saturated heterocycles. The summed E-state index contributed by atoms with van der Waals surface area (Å²) in [4.78, 5) is 67.1. The number of aliphatic carboxylic acids is 4. The quantitative estimate of drug-likeness (QED) is 0.0358. The van der Waals surface area contributed by atoms with Crippen LogP contribution in [0.2, 0.25) is 0 Å². The van der Waals surface area contributed by atoms with E-state index in [-0.39, 0.29) is 54.9 Å². The van der Waals surface area contributed by atoms with Gasteiger partial charge in [-0.15, -0.1) is 0 Å². The van der Waals surface area contributed by atoms with Gasteiger partial charge in [-0.1, -0.05) is 297 Å². The maximum absolute atomic E-state index is 10.7. The first-order chi connectivity index (χ1) is 61.2. The molecule has 622 valence electrons. The predicted molar refractivity (Wildman–Crippen MR) is 492 cm³/mol. The fourth-order valence-corrected chi connectivity index (χ4v) is 20.2. The first kappa shape index (κ1) is 92.4. The van der Waals surface area contributed by atoms with Crippen molar-refractivity contribution in [1.29, 1.82) is 0 Å².